The summed E-state index contributed by atoms with van der Waals surface area (Å²) in [6.45, 7) is 5.39. The highest BCUT2D eigenvalue weighted by atomic mass is 16.3. The van der Waals surface area contributed by atoms with Gasteiger partial charge in [-0.3, -0.25) is 4.79 Å². The van der Waals surface area contributed by atoms with E-state index in [1.807, 2.05) is 13.8 Å². The second-order valence-corrected chi connectivity index (χ2v) is 5.16. The molecule has 0 radical (unpaired) electrons. The molecule has 0 bridgehead atoms. The minimum absolute atomic E-state index is 0.0111. The van der Waals surface area contributed by atoms with E-state index in [0.29, 0.717) is 11.8 Å². The summed E-state index contributed by atoms with van der Waals surface area (Å²) in [6, 6.07) is 0. The number of rotatable bonds is 3. The van der Waals surface area contributed by atoms with E-state index >= 15 is 0 Å². The molecular formula is C13H18O2. The van der Waals surface area contributed by atoms with Gasteiger partial charge in [0.05, 0.1) is 0 Å². The average molecular weight is 206 g/mol. The van der Waals surface area contributed by atoms with Crippen molar-refractivity contribution in [3.8, 4) is 0 Å². The smallest absolute Gasteiger partial charge is 0.171 e. The number of hydrogen-bond acceptors (Lipinski definition) is 2. The van der Waals surface area contributed by atoms with Crippen LogP contribution in [-0.4, -0.2) is 16.5 Å². The zero-order chi connectivity index (χ0) is 11.2. The summed E-state index contributed by atoms with van der Waals surface area (Å²) in [4.78, 5) is 12.0. The molecule has 0 aromatic carbocycles. The molecule has 4 atom stereocenters. The van der Waals surface area contributed by atoms with Crippen LogP contribution in [0.1, 0.15) is 27.2 Å². The van der Waals surface area contributed by atoms with Crippen LogP contribution in [0.2, 0.25) is 0 Å². The molecule has 2 rings (SSSR count). The number of aliphatic hydroxyl groups is 1. The number of carbonyl (C=O) groups excluding carboxylic acids is 1. The fourth-order valence-corrected chi connectivity index (χ4v) is 2.70. The minimum atomic E-state index is -1.28. The molecule has 2 heteroatoms. The molecular weight excluding hydrogens is 188 g/mol. The molecule has 1 fully saturated rings. The van der Waals surface area contributed by atoms with Gasteiger partial charge in [-0.25, -0.2) is 0 Å². The Morgan fingerprint density at radius 1 is 1.53 bits per heavy atom. The van der Waals surface area contributed by atoms with E-state index < -0.39 is 5.60 Å². The Hall–Kier alpha value is -0.890. The molecule has 0 heterocycles. The summed E-state index contributed by atoms with van der Waals surface area (Å²) in [7, 11) is 0. The first kappa shape index (κ1) is 10.6. The number of hydrogen-bond donors (Lipinski definition) is 1. The highest BCUT2D eigenvalue weighted by Gasteiger charge is 2.57. The predicted octanol–water partition coefficient (Wildman–Crippen LogP) is 2.09. The van der Waals surface area contributed by atoms with E-state index in [9.17, 15) is 9.90 Å². The number of ketones is 1. The Kier molecular flexibility index (Phi) is 2.34. The molecule has 2 aliphatic rings. The molecule has 0 saturated heterocycles. The van der Waals surface area contributed by atoms with Crippen LogP contribution in [0, 0.1) is 17.8 Å². The van der Waals surface area contributed by atoms with Gasteiger partial charge < -0.3 is 5.11 Å². The van der Waals surface area contributed by atoms with Crippen molar-refractivity contribution in [2.24, 2.45) is 17.8 Å². The summed E-state index contributed by atoms with van der Waals surface area (Å²) in [5, 5.41) is 10.1. The van der Waals surface area contributed by atoms with E-state index in [0.717, 1.165) is 12.0 Å². The van der Waals surface area contributed by atoms with Crippen molar-refractivity contribution in [3.63, 3.8) is 0 Å². The second-order valence-electron chi connectivity index (χ2n) is 5.16. The van der Waals surface area contributed by atoms with Gasteiger partial charge in [0.1, 0.15) is 5.60 Å². The van der Waals surface area contributed by atoms with Crippen molar-refractivity contribution < 1.29 is 9.90 Å². The molecule has 0 aromatic rings. The van der Waals surface area contributed by atoms with Gasteiger partial charge in [-0.05, 0) is 45.1 Å². The standard InChI is InChI=1S/C13H18O2/c1-8(2)7-13(3,15)12(14)11-9-5-4-6-10(9)11/h4-5,7,9-11,15H,6H2,1-3H3/t9-,10+,11+,13?/m1/s1. The van der Waals surface area contributed by atoms with Crippen LogP contribution >= 0.6 is 0 Å². The van der Waals surface area contributed by atoms with E-state index in [1.54, 1.807) is 13.0 Å². The number of allylic oxidation sites excluding steroid dienone is 3. The highest BCUT2D eigenvalue weighted by Crippen LogP contribution is 2.55. The SMILES string of the molecule is CC(C)=CC(C)(O)C(=O)[C@H]1[C@@H]2C=CC[C@@H]21. The van der Waals surface area contributed by atoms with Crippen molar-refractivity contribution >= 4 is 5.78 Å². The van der Waals surface area contributed by atoms with Gasteiger partial charge in [-0.15, -0.1) is 0 Å². The van der Waals surface area contributed by atoms with Crippen LogP contribution in [0.5, 0.6) is 0 Å². The highest BCUT2D eigenvalue weighted by molar-refractivity contribution is 5.94. The van der Waals surface area contributed by atoms with Gasteiger partial charge in [-0.1, -0.05) is 17.7 Å². The molecule has 0 amide bonds. The van der Waals surface area contributed by atoms with Crippen LogP contribution in [0.4, 0.5) is 0 Å². The molecule has 1 unspecified atom stereocenters. The summed E-state index contributed by atoms with van der Waals surface area (Å²) >= 11 is 0. The number of fused-ring (bicyclic) bond motifs is 1. The maximum atomic E-state index is 12.0. The van der Waals surface area contributed by atoms with E-state index in [-0.39, 0.29) is 11.7 Å². The maximum Gasteiger partial charge on any atom is 0.171 e. The van der Waals surface area contributed by atoms with Crippen LogP contribution in [-0.2, 0) is 4.79 Å². The molecule has 2 nitrogen and oxygen atoms in total. The molecule has 15 heavy (non-hydrogen) atoms. The van der Waals surface area contributed by atoms with E-state index in [2.05, 4.69) is 12.2 Å². The van der Waals surface area contributed by atoms with Crippen molar-refractivity contribution in [1.82, 2.24) is 0 Å². The largest absolute Gasteiger partial charge is 0.378 e. The third-order valence-corrected chi connectivity index (χ3v) is 3.37. The summed E-state index contributed by atoms with van der Waals surface area (Å²) in [5.41, 5.74) is -0.295. The molecule has 82 valence electrons. The molecule has 0 aliphatic heterocycles. The van der Waals surface area contributed by atoms with Crippen LogP contribution < -0.4 is 0 Å². The van der Waals surface area contributed by atoms with Crippen LogP contribution in [0.3, 0.4) is 0 Å². The topological polar surface area (TPSA) is 37.3 Å². The summed E-state index contributed by atoms with van der Waals surface area (Å²) < 4.78 is 0. The zero-order valence-electron chi connectivity index (χ0n) is 9.53. The minimum Gasteiger partial charge on any atom is -0.378 e. The number of Topliss-reactive ketones (excluding diaryl/α,β-unsaturated/α-hetero) is 1. The Morgan fingerprint density at radius 3 is 2.67 bits per heavy atom. The number of carbonyl (C=O) groups is 1. The second kappa shape index (κ2) is 3.31. The first-order valence-corrected chi connectivity index (χ1v) is 5.53. The lowest BCUT2D eigenvalue weighted by Crippen LogP contribution is -2.35. The lowest BCUT2D eigenvalue weighted by atomic mass is 9.93. The van der Waals surface area contributed by atoms with Gasteiger partial charge in [-0.2, -0.15) is 0 Å². The Morgan fingerprint density at radius 2 is 2.20 bits per heavy atom. The Balaban J connectivity index is 2.09. The van der Waals surface area contributed by atoms with Gasteiger partial charge in [0.15, 0.2) is 5.78 Å². The van der Waals surface area contributed by atoms with Gasteiger partial charge in [0.2, 0.25) is 0 Å². The molecule has 0 spiro atoms. The Bertz CT molecular complexity index is 346. The van der Waals surface area contributed by atoms with Crippen molar-refractivity contribution in [1.29, 1.82) is 0 Å². The zero-order valence-corrected chi connectivity index (χ0v) is 9.53. The lowest BCUT2D eigenvalue weighted by Gasteiger charge is -2.18. The van der Waals surface area contributed by atoms with Gasteiger partial charge >= 0.3 is 0 Å². The van der Waals surface area contributed by atoms with Crippen molar-refractivity contribution in [2.75, 3.05) is 0 Å². The molecule has 0 aromatic heterocycles. The van der Waals surface area contributed by atoms with Gasteiger partial charge in [0, 0.05) is 5.92 Å². The average Bonchev–Trinajstić information content (AvgIpc) is 2.54. The van der Waals surface area contributed by atoms with Crippen molar-refractivity contribution in [2.45, 2.75) is 32.8 Å². The van der Waals surface area contributed by atoms with Gasteiger partial charge in [0.25, 0.3) is 0 Å². The summed E-state index contributed by atoms with van der Waals surface area (Å²) in [5.74, 6) is 0.952. The van der Waals surface area contributed by atoms with E-state index in [4.69, 9.17) is 0 Å². The third-order valence-electron chi connectivity index (χ3n) is 3.37. The summed E-state index contributed by atoms with van der Waals surface area (Å²) in [6.07, 6.45) is 6.92. The normalized spacial score (nSPS) is 35.6. The predicted molar refractivity (Wildman–Crippen MR) is 59.3 cm³/mol. The Labute approximate surface area is 90.7 Å². The van der Waals surface area contributed by atoms with Crippen LogP contribution in [0.15, 0.2) is 23.8 Å². The fraction of sp³-hybridized carbons (Fsp3) is 0.615. The van der Waals surface area contributed by atoms with Crippen molar-refractivity contribution in [3.05, 3.63) is 23.8 Å². The monoisotopic (exact) mass is 206 g/mol. The first-order valence-electron chi connectivity index (χ1n) is 5.53. The quantitative estimate of drug-likeness (QED) is 0.718. The fourth-order valence-electron chi connectivity index (χ4n) is 2.70. The molecule has 1 saturated carbocycles. The third kappa shape index (κ3) is 1.78. The maximum absolute atomic E-state index is 12.0. The van der Waals surface area contributed by atoms with E-state index in [1.165, 1.54) is 0 Å². The van der Waals surface area contributed by atoms with Crippen LogP contribution in [0.25, 0.3) is 0 Å². The molecule has 2 aliphatic carbocycles. The molecule has 1 N–H and O–H groups in total. The first-order chi connectivity index (χ1) is 6.93. The lowest BCUT2D eigenvalue weighted by molar-refractivity contribution is -0.133.